The zero-order valence-corrected chi connectivity index (χ0v) is 12.2. The molecular weight excluding hydrogens is 312 g/mol. The lowest BCUT2D eigenvalue weighted by Gasteiger charge is -1.99. The lowest BCUT2D eigenvalue weighted by Crippen LogP contribution is -1.97. The van der Waals surface area contributed by atoms with Crippen molar-refractivity contribution in [3.63, 3.8) is 0 Å². The fourth-order valence-electron chi connectivity index (χ4n) is 1.55. The van der Waals surface area contributed by atoms with E-state index < -0.39 is 5.97 Å². The first kappa shape index (κ1) is 14.8. The number of nitrogens with one attached hydrogen (secondary N) is 1. The minimum Gasteiger partial charge on any atom is -0.465 e. The van der Waals surface area contributed by atoms with Gasteiger partial charge in [-0.1, -0.05) is 11.6 Å². The molecule has 0 fully saturated rings. The quantitative estimate of drug-likeness (QED) is 0.532. The van der Waals surface area contributed by atoms with Crippen molar-refractivity contribution in [2.24, 2.45) is 5.10 Å². The van der Waals surface area contributed by atoms with Gasteiger partial charge in [-0.25, -0.2) is 4.79 Å². The monoisotopic (exact) mass is 318 g/mol. The minimum atomic E-state index is -0.495. The van der Waals surface area contributed by atoms with Crippen LogP contribution in [0, 0.1) is 22.7 Å². The highest BCUT2D eigenvalue weighted by atomic mass is 35.5. The van der Waals surface area contributed by atoms with Crippen LogP contribution >= 0.6 is 22.9 Å². The van der Waals surface area contributed by atoms with Gasteiger partial charge in [-0.2, -0.15) is 15.6 Å². The number of halogens is 1. The van der Waals surface area contributed by atoms with Crippen molar-refractivity contribution < 1.29 is 9.53 Å². The molecule has 0 unspecified atom stereocenters. The Morgan fingerprint density at radius 3 is 2.76 bits per heavy atom. The van der Waals surface area contributed by atoms with E-state index in [2.05, 4.69) is 15.3 Å². The van der Waals surface area contributed by atoms with Crippen LogP contribution in [-0.4, -0.2) is 18.8 Å². The third-order valence-electron chi connectivity index (χ3n) is 2.51. The number of thiophene rings is 1. The van der Waals surface area contributed by atoms with Gasteiger partial charge in [0.2, 0.25) is 5.71 Å². The van der Waals surface area contributed by atoms with Crippen molar-refractivity contribution in [3.05, 3.63) is 28.1 Å². The van der Waals surface area contributed by atoms with Crippen LogP contribution in [0.2, 0.25) is 5.02 Å². The predicted octanol–water partition coefficient (Wildman–Crippen LogP) is 3.16. The van der Waals surface area contributed by atoms with E-state index in [0.29, 0.717) is 15.6 Å². The van der Waals surface area contributed by atoms with Crippen molar-refractivity contribution in [1.29, 1.82) is 10.5 Å². The van der Waals surface area contributed by atoms with Crippen LogP contribution in [0.5, 0.6) is 0 Å². The molecule has 0 aliphatic carbocycles. The van der Waals surface area contributed by atoms with E-state index in [9.17, 15) is 4.79 Å². The summed E-state index contributed by atoms with van der Waals surface area (Å²) in [6.07, 6.45) is 0. The molecular formula is C13H7ClN4O2S. The number of nitrogens with zero attached hydrogens (tertiary/aromatic N) is 3. The summed E-state index contributed by atoms with van der Waals surface area (Å²) in [4.78, 5) is 11.9. The molecule has 2 rings (SSSR count). The molecule has 8 heteroatoms. The van der Waals surface area contributed by atoms with E-state index in [1.807, 2.05) is 0 Å². The highest BCUT2D eigenvalue weighted by Gasteiger charge is 2.17. The predicted molar refractivity (Wildman–Crippen MR) is 80.5 cm³/mol. The first-order valence-electron chi connectivity index (χ1n) is 5.55. The van der Waals surface area contributed by atoms with Crippen LogP contribution in [0.1, 0.15) is 9.67 Å². The molecule has 0 aliphatic rings. The number of ether oxygens (including phenoxy) is 1. The SMILES string of the molecule is COC(=O)c1sc2cc(NN=C(C#N)C#N)ccc2c1Cl. The van der Waals surface area contributed by atoms with Gasteiger partial charge >= 0.3 is 5.97 Å². The van der Waals surface area contributed by atoms with Crippen LogP contribution < -0.4 is 5.43 Å². The van der Waals surface area contributed by atoms with E-state index in [-0.39, 0.29) is 5.71 Å². The minimum absolute atomic E-state index is 0.283. The molecule has 1 aromatic carbocycles. The van der Waals surface area contributed by atoms with Gasteiger partial charge in [0.05, 0.1) is 17.8 Å². The van der Waals surface area contributed by atoms with Gasteiger partial charge in [0.15, 0.2) is 0 Å². The highest BCUT2D eigenvalue weighted by molar-refractivity contribution is 7.21. The number of nitriles is 2. The van der Waals surface area contributed by atoms with Crippen molar-refractivity contribution in [3.8, 4) is 12.1 Å². The molecule has 104 valence electrons. The van der Waals surface area contributed by atoms with Crippen LogP contribution in [-0.2, 0) is 4.74 Å². The smallest absolute Gasteiger partial charge is 0.349 e. The second-order valence-electron chi connectivity index (χ2n) is 3.74. The molecule has 0 bridgehead atoms. The highest BCUT2D eigenvalue weighted by Crippen LogP contribution is 2.37. The van der Waals surface area contributed by atoms with Crippen molar-refractivity contribution in [1.82, 2.24) is 0 Å². The van der Waals surface area contributed by atoms with Crippen molar-refractivity contribution in [2.45, 2.75) is 0 Å². The summed E-state index contributed by atoms with van der Waals surface area (Å²) in [7, 11) is 1.29. The van der Waals surface area contributed by atoms with Gasteiger partial charge in [-0.05, 0) is 18.2 Å². The molecule has 6 nitrogen and oxygen atoms in total. The summed E-state index contributed by atoms with van der Waals surface area (Å²) in [5.74, 6) is -0.495. The van der Waals surface area contributed by atoms with Gasteiger partial charge in [0, 0.05) is 10.1 Å². The van der Waals surface area contributed by atoms with Crippen molar-refractivity contribution >= 4 is 50.4 Å². The Bertz CT molecular complexity index is 813. The van der Waals surface area contributed by atoms with E-state index in [1.54, 1.807) is 30.3 Å². The molecule has 1 heterocycles. The number of anilines is 1. The lowest BCUT2D eigenvalue weighted by atomic mass is 10.2. The average molecular weight is 319 g/mol. The topological polar surface area (TPSA) is 98.3 Å². The third-order valence-corrected chi connectivity index (χ3v) is 4.15. The van der Waals surface area contributed by atoms with Crippen LogP contribution in [0.15, 0.2) is 23.3 Å². The number of hydrogen-bond acceptors (Lipinski definition) is 7. The number of esters is 1. The molecule has 21 heavy (non-hydrogen) atoms. The maximum atomic E-state index is 11.6. The number of rotatable bonds is 3. The van der Waals surface area contributed by atoms with E-state index in [4.69, 9.17) is 22.1 Å². The summed E-state index contributed by atoms with van der Waals surface area (Å²) in [5, 5.41) is 21.9. The fraction of sp³-hybridized carbons (Fsp3) is 0.0769. The fourth-order valence-corrected chi connectivity index (χ4v) is 3.02. The summed E-state index contributed by atoms with van der Waals surface area (Å²) in [6.45, 7) is 0. The number of carbonyl (C=O) groups excluding carboxylic acids is 1. The Labute approximate surface area is 128 Å². The second-order valence-corrected chi connectivity index (χ2v) is 5.17. The van der Waals surface area contributed by atoms with Gasteiger partial charge in [-0.3, -0.25) is 5.43 Å². The Kier molecular flexibility index (Phi) is 4.39. The lowest BCUT2D eigenvalue weighted by molar-refractivity contribution is 0.0606. The number of hydrazone groups is 1. The molecule has 1 aromatic heterocycles. The number of fused-ring (bicyclic) bond motifs is 1. The molecule has 2 aromatic rings. The van der Waals surface area contributed by atoms with Gasteiger partial charge in [-0.15, -0.1) is 11.3 Å². The number of methoxy groups -OCH3 is 1. The largest absolute Gasteiger partial charge is 0.465 e. The van der Waals surface area contributed by atoms with Gasteiger partial charge in [0.25, 0.3) is 0 Å². The van der Waals surface area contributed by atoms with Crippen LogP contribution in [0.3, 0.4) is 0 Å². The molecule has 0 aliphatic heterocycles. The van der Waals surface area contributed by atoms with E-state index >= 15 is 0 Å². The maximum Gasteiger partial charge on any atom is 0.349 e. The molecule has 0 amide bonds. The Hall–Kier alpha value is -2.61. The molecule has 1 N–H and O–H groups in total. The first-order valence-corrected chi connectivity index (χ1v) is 6.74. The zero-order chi connectivity index (χ0) is 15.4. The number of hydrogen-bond donors (Lipinski definition) is 1. The summed E-state index contributed by atoms with van der Waals surface area (Å²) >= 11 is 7.32. The van der Waals surface area contributed by atoms with Crippen LogP contribution in [0.4, 0.5) is 5.69 Å². The third kappa shape index (κ3) is 2.95. The molecule has 0 atom stereocenters. The zero-order valence-electron chi connectivity index (χ0n) is 10.7. The summed E-state index contributed by atoms with van der Waals surface area (Å²) in [5.41, 5.74) is 2.89. The van der Waals surface area contributed by atoms with E-state index in [1.165, 1.54) is 18.4 Å². The molecule has 0 spiro atoms. The summed E-state index contributed by atoms with van der Waals surface area (Å²) < 4.78 is 5.42. The number of carbonyl (C=O) groups is 1. The maximum absolute atomic E-state index is 11.6. The normalized spacial score (nSPS) is 9.52. The van der Waals surface area contributed by atoms with Gasteiger partial charge < -0.3 is 4.74 Å². The van der Waals surface area contributed by atoms with E-state index in [0.717, 1.165) is 10.1 Å². The second kappa shape index (κ2) is 6.23. The standard InChI is InChI=1S/C13H7ClN4O2S/c1-20-13(19)12-11(14)9-3-2-7(4-10(9)21-12)17-18-8(5-15)6-16/h2-4,17H,1H3. The first-order chi connectivity index (χ1) is 10.1. The average Bonchev–Trinajstić information content (AvgIpc) is 2.84. The molecule has 0 saturated carbocycles. The Morgan fingerprint density at radius 2 is 2.14 bits per heavy atom. The van der Waals surface area contributed by atoms with Crippen LogP contribution in [0.25, 0.3) is 10.1 Å². The van der Waals surface area contributed by atoms with Crippen molar-refractivity contribution in [2.75, 3.05) is 12.5 Å². The summed E-state index contributed by atoms with van der Waals surface area (Å²) in [6, 6.07) is 8.40. The number of benzene rings is 1. The Morgan fingerprint density at radius 1 is 1.43 bits per heavy atom. The molecule has 0 saturated heterocycles. The van der Waals surface area contributed by atoms with Gasteiger partial charge in [0.1, 0.15) is 17.0 Å². The Balaban J connectivity index is 2.40. The molecule has 0 radical (unpaired) electrons.